The molecule has 0 saturated carbocycles. The number of ketones is 1. The van der Waals surface area contributed by atoms with Crippen molar-refractivity contribution >= 4 is 5.78 Å². The third kappa shape index (κ3) is 2.04. The maximum atomic E-state index is 12.3. The van der Waals surface area contributed by atoms with Crippen LogP contribution in [-0.4, -0.2) is 5.78 Å². The van der Waals surface area contributed by atoms with Gasteiger partial charge in [-0.25, -0.2) is 0 Å². The lowest BCUT2D eigenvalue weighted by Crippen LogP contribution is -2.21. The summed E-state index contributed by atoms with van der Waals surface area (Å²) in [6.45, 7) is 4.18. The first kappa shape index (κ1) is 11.4. The van der Waals surface area contributed by atoms with Gasteiger partial charge < -0.3 is 0 Å². The smallest absolute Gasteiger partial charge is 0.162 e. The zero-order valence-electron chi connectivity index (χ0n) is 10.2. The molecule has 0 saturated heterocycles. The normalized spacial score (nSPS) is 29.6. The van der Waals surface area contributed by atoms with Crippen molar-refractivity contribution in [3.05, 3.63) is 35.5 Å². The lowest BCUT2D eigenvalue weighted by atomic mass is 9.83. The van der Waals surface area contributed by atoms with Gasteiger partial charge in [0, 0.05) is 11.8 Å². The van der Waals surface area contributed by atoms with Crippen LogP contribution in [0, 0.1) is 11.8 Å². The number of carbonyl (C=O) groups excluding carboxylic acids is 1. The van der Waals surface area contributed by atoms with Crippen LogP contribution in [0.4, 0.5) is 0 Å². The number of Topliss-reactive ketones (excluding diaryl/α,β-unsaturated/α-hetero) is 1. The molecule has 2 aliphatic rings. The van der Waals surface area contributed by atoms with Crippen molar-refractivity contribution in [3.63, 3.8) is 0 Å². The molecule has 0 unspecified atom stereocenters. The highest BCUT2D eigenvalue weighted by molar-refractivity contribution is 5.98. The molecule has 0 aromatic heterocycles. The molecule has 0 N–H and O–H groups in total. The van der Waals surface area contributed by atoms with E-state index in [1.165, 1.54) is 5.57 Å². The van der Waals surface area contributed by atoms with E-state index < -0.39 is 0 Å². The highest BCUT2D eigenvalue weighted by Gasteiger charge is 2.32. The summed E-state index contributed by atoms with van der Waals surface area (Å²) in [7, 11) is 0. The van der Waals surface area contributed by atoms with Crippen LogP contribution in [0.2, 0.25) is 0 Å². The Kier molecular flexibility index (Phi) is 3.42. The highest BCUT2D eigenvalue weighted by Crippen LogP contribution is 2.35. The molecule has 86 valence electrons. The van der Waals surface area contributed by atoms with E-state index in [1.54, 1.807) is 0 Å². The Morgan fingerprint density at radius 2 is 2.31 bits per heavy atom. The Balaban J connectivity index is 2.12. The quantitative estimate of drug-likeness (QED) is 0.655. The molecular formula is C15H20O. The standard InChI is InChI=1S/C15H20O/c1-3-11(2)13-9-6-10-14(13)15(16)12-7-4-5-8-12/h3,6-7,9,13-14H,4-5,8,10H2,1-2H3/b11-3-/t13-,14+/m0/s1. The maximum absolute atomic E-state index is 12.3. The van der Waals surface area contributed by atoms with E-state index in [4.69, 9.17) is 0 Å². The summed E-state index contributed by atoms with van der Waals surface area (Å²) in [6, 6.07) is 0. The molecule has 2 rings (SSSR count). The van der Waals surface area contributed by atoms with E-state index in [9.17, 15) is 4.79 Å². The van der Waals surface area contributed by atoms with Gasteiger partial charge in [0.1, 0.15) is 0 Å². The van der Waals surface area contributed by atoms with Crippen molar-refractivity contribution in [3.8, 4) is 0 Å². The van der Waals surface area contributed by atoms with Crippen LogP contribution >= 0.6 is 0 Å². The minimum atomic E-state index is 0.181. The summed E-state index contributed by atoms with van der Waals surface area (Å²) >= 11 is 0. The number of carbonyl (C=O) groups is 1. The molecule has 0 bridgehead atoms. The zero-order valence-corrected chi connectivity index (χ0v) is 10.2. The molecule has 0 aromatic carbocycles. The Labute approximate surface area is 97.9 Å². The van der Waals surface area contributed by atoms with Gasteiger partial charge in [-0.3, -0.25) is 4.79 Å². The lowest BCUT2D eigenvalue weighted by Gasteiger charge is -2.19. The van der Waals surface area contributed by atoms with Gasteiger partial charge in [0.15, 0.2) is 5.78 Å². The molecule has 2 aliphatic carbocycles. The molecule has 0 fully saturated rings. The predicted molar refractivity (Wildman–Crippen MR) is 67.1 cm³/mol. The SMILES string of the molecule is C/C=C(/C)[C@@H]1C=CC[C@H]1C(=O)C1=CCCC1. The van der Waals surface area contributed by atoms with Gasteiger partial charge in [-0.15, -0.1) is 0 Å². The molecule has 0 spiro atoms. The minimum absolute atomic E-state index is 0.181. The van der Waals surface area contributed by atoms with Crippen molar-refractivity contribution in [1.29, 1.82) is 0 Å². The number of hydrogen-bond donors (Lipinski definition) is 0. The van der Waals surface area contributed by atoms with Crippen LogP contribution in [-0.2, 0) is 4.79 Å². The zero-order chi connectivity index (χ0) is 11.5. The highest BCUT2D eigenvalue weighted by atomic mass is 16.1. The van der Waals surface area contributed by atoms with E-state index in [-0.39, 0.29) is 5.92 Å². The summed E-state index contributed by atoms with van der Waals surface area (Å²) in [5.74, 6) is 0.924. The fraction of sp³-hybridized carbons (Fsp3) is 0.533. The Bertz CT molecular complexity index is 371. The van der Waals surface area contributed by atoms with Crippen molar-refractivity contribution in [2.75, 3.05) is 0 Å². The van der Waals surface area contributed by atoms with Crippen molar-refractivity contribution in [1.82, 2.24) is 0 Å². The number of allylic oxidation sites excluding steroid dienone is 6. The fourth-order valence-electron chi connectivity index (χ4n) is 2.72. The van der Waals surface area contributed by atoms with E-state index in [1.807, 2.05) is 0 Å². The lowest BCUT2D eigenvalue weighted by molar-refractivity contribution is -0.119. The molecular weight excluding hydrogens is 196 g/mol. The van der Waals surface area contributed by atoms with Gasteiger partial charge >= 0.3 is 0 Å². The minimum Gasteiger partial charge on any atom is -0.294 e. The summed E-state index contributed by atoms with van der Waals surface area (Å²) in [4.78, 5) is 12.3. The third-order valence-corrected chi connectivity index (χ3v) is 3.84. The van der Waals surface area contributed by atoms with E-state index in [0.717, 1.165) is 31.3 Å². The third-order valence-electron chi connectivity index (χ3n) is 3.84. The topological polar surface area (TPSA) is 17.1 Å². The Hall–Kier alpha value is -1.11. The van der Waals surface area contributed by atoms with Crippen molar-refractivity contribution < 1.29 is 4.79 Å². The molecule has 0 amide bonds. The summed E-state index contributed by atoms with van der Waals surface area (Å²) < 4.78 is 0. The van der Waals surface area contributed by atoms with Gasteiger partial charge in [-0.05, 0) is 45.1 Å². The monoisotopic (exact) mass is 216 g/mol. The Morgan fingerprint density at radius 3 is 2.94 bits per heavy atom. The summed E-state index contributed by atoms with van der Waals surface area (Å²) in [6.07, 6.45) is 12.8. The second-order valence-electron chi connectivity index (χ2n) is 4.81. The number of hydrogen-bond acceptors (Lipinski definition) is 1. The van der Waals surface area contributed by atoms with Crippen LogP contribution in [0.15, 0.2) is 35.5 Å². The largest absolute Gasteiger partial charge is 0.294 e. The first-order chi connectivity index (χ1) is 7.74. The second-order valence-corrected chi connectivity index (χ2v) is 4.81. The molecule has 0 aromatic rings. The van der Waals surface area contributed by atoms with E-state index in [0.29, 0.717) is 11.7 Å². The van der Waals surface area contributed by atoms with Gasteiger partial charge in [0.05, 0.1) is 0 Å². The molecule has 0 heterocycles. The van der Waals surface area contributed by atoms with Crippen LogP contribution in [0.25, 0.3) is 0 Å². The van der Waals surface area contributed by atoms with Gasteiger partial charge in [-0.2, -0.15) is 0 Å². The van der Waals surface area contributed by atoms with Gasteiger partial charge in [-0.1, -0.05) is 29.9 Å². The van der Waals surface area contributed by atoms with Gasteiger partial charge in [0.25, 0.3) is 0 Å². The average Bonchev–Trinajstić information content (AvgIpc) is 2.97. The summed E-state index contributed by atoms with van der Waals surface area (Å²) in [5.41, 5.74) is 2.41. The molecule has 0 aliphatic heterocycles. The first-order valence-corrected chi connectivity index (χ1v) is 6.26. The maximum Gasteiger partial charge on any atom is 0.162 e. The van der Waals surface area contributed by atoms with Crippen LogP contribution in [0.1, 0.15) is 39.5 Å². The average molecular weight is 216 g/mol. The molecule has 1 heteroatoms. The Morgan fingerprint density at radius 1 is 1.50 bits per heavy atom. The number of rotatable bonds is 3. The van der Waals surface area contributed by atoms with E-state index in [2.05, 4.69) is 38.2 Å². The van der Waals surface area contributed by atoms with Crippen LogP contribution in [0.5, 0.6) is 0 Å². The van der Waals surface area contributed by atoms with E-state index >= 15 is 0 Å². The molecule has 2 atom stereocenters. The van der Waals surface area contributed by atoms with Crippen molar-refractivity contribution in [2.45, 2.75) is 39.5 Å². The molecule has 16 heavy (non-hydrogen) atoms. The fourth-order valence-corrected chi connectivity index (χ4v) is 2.72. The second kappa shape index (κ2) is 4.82. The van der Waals surface area contributed by atoms with Crippen LogP contribution in [0.3, 0.4) is 0 Å². The predicted octanol–water partition coefficient (Wildman–Crippen LogP) is 3.82. The van der Waals surface area contributed by atoms with Gasteiger partial charge in [0.2, 0.25) is 0 Å². The summed E-state index contributed by atoms with van der Waals surface area (Å²) in [5, 5.41) is 0. The van der Waals surface area contributed by atoms with Crippen LogP contribution < -0.4 is 0 Å². The van der Waals surface area contributed by atoms with Crippen molar-refractivity contribution in [2.24, 2.45) is 11.8 Å². The molecule has 0 radical (unpaired) electrons. The first-order valence-electron chi connectivity index (χ1n) is 6.26. The molecule has 1 nitrogen and oxygen atoms in total.